The van der Waals surface area contributed by atoms with Gasteiger partial charge in [-0.15, -0.1) is 0 Å². The monoisotopic (exact) mass is 397 g/mol. The predicted molar refractivity (Wildman–Crippen MR) is 112 cm³/mol. The van der Waals surface area contributed by atoms with Crippen LogP contribution in [0, 0.1) is 0 Å². The average molecular weight is 398 g/mol. The van der Waals surface area contributed by atoms with Gasteiger partial charge < -0.3 is 0 Å². The molecule has 4 nitrogen and oxygen atoms in total. The van der Waals surface area contributed by atoms with E-state index >= 15 is 0 Å². The lowest BCUT2D eigenvalue weighted by molar-refractivity contribution is -0.124. The number of carbonyl (C=O) groups is 1. The Labute approximate surface area is 168 Å². The number of nitrogens with zero attached hydrogens (tertiary/aromatic N) is 3. The van der Waals surface area contributed by atoms with E-state index in [0.717, 1.165) is 31.2 Å². The van der Waals surface area contributed by atoms with Gasteiger partial charge in [0.05, 0.1) is 15.6 Å². The smallest absolute Gasteiger partial charge is 0.267 e. The third-order valence-corrected chi connectivity index (χ3v) is 6.12. The second-order valence-electron chi connectivity index (χ2n) is 6.71. The van der Waals surface area contributed by atoms with Crippen LogP contribution in [0.15, 0.2) is 58.7 Å². The van der Waals surface area contributed by atoms with Crippen molar-refractivity contribution in [2.75, 3.05) is 0 Å². The van der Waals surface area contributed by atoms with E-state index in [-0.39, 0.29) is 11.9 Å². The molecule has 2 heterocycles. The number of pyridine rings is 1. The van der Waals surface area contributed by atoms with Gasteiger partial charge in [0, 0.05) is 18.4 Å². The number of amidine groups is 1. The van der Waals surface area contributed by atoms with Crippen LogP contribution in [0.1, 0.15) is 37.7 Å². The van der Waals surface area contributed by atoms with Crippen LogP contribution in [0.4, 0.5) is 5.69 Å². The maximum absolute atomic E-state index is 13.2. The van der Waals surface area contributed by atoms with Gasteiger partial charge in [-0.3, -0.25) is 14.7 Å². The van der Waals surface area contributed by atoms with Crippen molar-refractivity contribution in [2.24, 2.45) is 4.99 Å². The topological polar surface area (TPSA) is 45.6 Å². The van der Waals surface area contributed by atoms with Crippen molar-refractivity contribution < 1.29 is 4.79 Å². The van der Waals surface area contributed by atoms with Crippen LogP contribution in [0.25, 0.3) is 6.08 Å². The molecule has 1 saturated heterocycles. The number of benzene rings is 1. The van der Waals surface area contributed by atoms with E-state index < -0.39 is 0 Å². The first-order valence-corrected chi connectivity index (χ1v) is 10.4. The minimum Gasteiger partial charge on any atom is -0.283 e. The number of hydrogen-bond acceptors (Lipinski definition) is 4. The number of aliphatic imine (C=N–C) groups is 1. The number of rotatable bonds is 3. The summed E-state index contributed by atoms with van der Waals surface area (Å²) in [7, 11) is 0. The molecule has 1 aliphatic heterocycles. The second-order valence-corrected chi connectivity index (χ2v) is 8.13. The second kappa shape index (κ2) is 8.28. The van der Waals surface area contributed by atoms with Gasteiger partial charge >= 0.3 is 0 Å². The Kier molecular flexibility index (Phi) is 5.60. The quantitative estimate of drug-likeness (QED) is 0.626. The third-order valence-electron chi connectivity index (χ3n) is 4.84. The highest BCUT2D eigenvalue weighted by molar-refractivity contribution is 8.18. The molecule has 0 atom stereocenters. The molecule has 1 aliphatic carbocycles. The summed E-state index contributed by atoms with van der Waals surface area (Å²) in [5, 5.41) is 1.20. The van der Waals surface area contributed by atoms with E-state index in [9.17, 15) is 4.79 Å². The summed E-state index contributed by atoms with van der Waals surface area (Å²) >= 11 is 7.67. The molecule has 1 aromatic carbocycles. The van der Waals surface area contributed by atoms with Gasteiger partial charge in [0.2, 0.25) is 0 Å². The Morgan fingerprint density at radius 2 is 1.93 bits per heavy atom. The lowest BCUT2D eigenvalue weighted by Crippen LogP contribution is -2.40. The molecule has 0 radical (unpaired) electrons. The van der Waals surface area contributed by atoms with E-state index in [2.05, 4.69) is 4.98 Å². The van der Waals surface area contributed by atoms with Crippen molar-refractivity contribution in [3.8, 4) is 0 Å². The molecule has 2 fully saturated rings. The van der Waals surface area contributed by atoms with Crippen LogP contribution in [-0.2, 0) is 4.79 Å². The first-order valence-electron chi connectivity index (χ1n) is 9.19. The van der Waals surface area contributed by atoms with Gasteiger partial charge in [-0.05, 0) is 42.3 Å². The first-order chi connectivity index (χ1) is 13.2. The average Bonchev–Trinajstić information content (AvgIpc) is 3.00. The van der Waals surface area contributed by atoms with E-state index in [0.29, 0.717) is 20.8 Å². The van der Waals surface area contributed by atoms with Crippen LogP contribution >= 0.6 is 23.4 Å². The summed E-state index contributed by atoms with van der Waals surface area (Å²) < 4.78 is 0. The number of hydrogen-bond donors (Lipinski definition) is 0. The van der Waals surface area contributed by atoms with Crippen molar-refractivity contribution >= 4 is 46.2 Å². The fraction of sp³-hybridized carbons (Fsp3) is 0.286. The van der Waals surface area contributed by atoms with Gasteiger partial charge in [0.15, 0.2) is 5.17 Å². The fourth-order valence-electron chi connectivity index (χ4n) is 3.49. The summed E-state index contributed by atoms with van der Waals surface area (Å²) in [6, 6.07) is 11.9. The SMILES string of the molecule is O=C1/C(=C/c2ccccc2)SC(=Nc2ccncc2Cl)N1C1CCCCC1. The Bertz CT molecular complexity index is 891. The van der Waals surface area contributed by atoms with Crippen LogP contribution in [0.3, 0.4) is 0 Å². The summed E-state index contributed by atoms with van der Waals surface area (Å²) in [5.74, 6) is 0.0414. The summed E-state index contributed by atoms with van der Waals surface area (Å²) in [6.07, 6.45) is 10.8. The van der Waals surface area contributed by atoms with Crippen LogP contribution in [0.5, 0.6) is 0 Å². The summed E-state index contributed by atoms with van der Waals surface area (Å²) in [6.45, 7) is 0. The lowest BCUT2D eigenvalue weighted by Gasteiger charge is -2.30. The largest absolute Gasteiger partial charge is 0.283 e. The molecular formula is C21H20ClN3OS. The van der Waals surface area contributed by atoms with E-state index in [1.54, 1.807) is 18.5 Å². The lowest BCUT2D eigenvalue weighted by atomic mass is 9.94. The van der Waals surface area contributed by atoms with Gasteiger partial charge in [-0.25, -0.2) is 4.99 Å². The minimum absolute atomic E-state index is 0.0414. The van der Waals surface area contributed by atoms with E-state index in [1.165, 1.54) is 18.2 Å². The van der Waals surface area contributed by atoms with E-state index in [4.69, 9.17) is 16.6 Å². The first kappa shape index (κ1) is 18.3. The molecule has 1 saturated carbocycles. The highest BCUT2D eigenvalue weighted by Crippen LogP contribution is 2.39. The van der Waals surface area contributed by atoms with Gasteiger partial charge in [-0.2, -0.15) is 0 Å². The minimum atomic E-state index is 0.0414. The molecule has 2 aliphatic rings. The van der Waals surface area contributed by atoms with Crippen molar-refractivity contribution in [3.05, 3.63) is 64.3 Å². The Hall–Kier alpha value is -2.11. The standard InChI is InChI=1S/C21H20ClN3OS/c22-17-14-23-12-11-18(17)24-21-25(16-9-5-2-6-10-16)20(26)19(27-21)13-15-7-3-1-4-8-15/h1,3-4,7-8,11-14,16H,2,5-6,9-10H2/b19-13-,24-21?. The number of aromatic nitrogens is 1. The maximum Gasteiger partial charge on any atom is 0.267 e. The Morgan fingerprint density at radius 3 is 2.67 bits per heavy atom. The van der Waals surface area contributed by atoms with Crippen LogP contribution < -0.4 is 0 Å². The molecule has 0 N–H and O–H groups in total. The Balaban J connectivity index is 1.72. The van der Waals surface area contributed by atoms with Crippen molar-refractivity contribution in [2.45, 2.75) is 38.1 Å². The van der Waals surface area contributed by atoms with Gasteiger partial charge in [0.25, 0.3) is 5.91 Å². The van der Waals surface area contributed by atoms with Crippen molar-refractivity contribution in [3.63, 3.8) is 0 Å². The van der Waals surface area contributed by atoms with Gasteiger partial charge in [0.1, 0.15) is 0 Å². The third kappa shape index (κ3) is 4.09. The summed E-state index contributed by atoms with van der Waals surface area (Å²) in [5.41, 5.74) is 1.66. The van der Waals surface area contributed by atoms with Gasteiger partial charge in [-0.1, -0.05) is 61.2 Å². The molecule has 1 amide bonds. The fourth-order valence-corrected chi connectivity index (χ4v) is 4.70. The number of carbonyl (C=O) groups excluding carboxylic acids is 1. The van der Waals surface area contributed by atoms with Crippen molar-refractivity contribution in [1.29, 1.82) is 0 Å². The van der Waals surface area contributed by atoms with E-state index in [1.807, 2.05) is 41.3 Å². The molecular weight excluding hydrogens is 378 g/mol. The number of halogens is 1. The molecule has 4 rings (SSSR count). The summed E-state index contributed by atoms with van der Waals surface area (Å²) in [4.78, 5) is 24.5. The zero-order valence-electron chi connectivity index (χ0n) is 14.8. The highest BCUT2D eigenvalue weighted by Gasteiger charge is 2.38. The zero-order valence-corrected chi connectivity index (χ0v) is 16.4. The van der Waals surface area contributed by atoms with Crippen LogP contribution in [0.2, 0.25) is 5.02 Å². The molecule has 1 aromatic heterocycles. The molecule has 0 unspecified atom stereocenters. The normalized spacial score (nSPS) is 21.4. The molecule has 6 heteroatoms. The van der Waals surface area contributed by atoms with Crippen LogP contribution in [-0.4, -0.2) is 27.0 Å². The zero-order chi connectivity index (χ0) is 18.6. The Morgan fingerprint density at radius 1 is 1.15 bits per heavy atom. The maximum atomic E-state index is 13.2. The molecule has 0 bridgehead atoms. The molecule has 27 heavy (non-hydrogen) atoms. The molecule has 0 spiro atoms. The molecule has 138 valence electrons. The highest BCUT2D eigenvalue weighted by atomic mass is 35.5. The number of amides is 1. The molecule has 2 aromatic rings. The van der Waals surface area contributed by atoms with Crippen molar-refractivity contribution in [1.82, 2.24) is 9.88 Å². The number of thioether (sulfide) groups is 1. The predicted octanol–water partition coefficient (Wildman–Crippen LogP) is 5.67.